The fraction of sp³-hybridized carbons (Fsp3) is 0.909. The van der Waals surface area contributed by atoms with Crippen LogP contribution in [0, 0.1) is 0 Å². The predicted octanol–water partition coefficient (Wildman–Crippen LogP) is 2.37. The van der Waals surface area contributed by atoms with Gasteiger partial charge in [0, 0.05) is 0 Å². The summed E-state index contributed by atoms with van der Waals surface area (Å²) in [5.41, 5.74) is 0. The molecule has 0 spiro atoms. The number of hydrogen-bond donors (Lipinski definition) is 1. The van der Waals surface area contributed by atoms with Gasteiger partial charge in [0.25, 0.3) is 0 Å². The maximum absolute atomic E-state index is 12.0. The van der Waals surface area contributed by atoms with Gasteiger partial charge in [-0.1, -0.05) is 19.8 Å². The summed E-state index contributed by atoms with van der Waals surface area (Å²) >= 11 is 0. The molecule has 0 heterocycles. The van der Waals surface area contributed by atoms with Crippen molar-refractivity contribution in [1.82, 2.24) is 0 Å². The molecule has 0 unspecified atom stereocenters. The predicted molar refractivity (Wildman–Crippen MR) is 66.3 cm³/mol. The summed E-state index contributed by atoms with van der Waals surface area (Å²) in [4.78, 5) is 11.6. The van der Waals surface area contributed by atoms with E-state index in [-0.39, 0.29) is 19.4 Å². The fourth-order valence-electron chi connectivity index (χ4n) is 1.38. The Balaban J connectivity index is 4.34. The topological polar surface area (TPSA) is 72.8 Å². The van der Waals surface area contributed by atoms with E-state index < -0.39 is 19.5 Å². The van der Waals surface area contributed by atoms with Gasteiger partial charge >= 0.3 is 7.60 Å². The first-order valence-corrected chi connectivity index (χ1v) is 7.80. The van der Waals surface area contributed by atoms with Gasteiger partial charge in [0.05, 0.1) is 13.2 Å². The van der Waals surface area contributed by atoms with Crippen LogP contribution in [0.1, 0.15) is 40.0 Å². The Morgan fingerprint density at radius 3 is 2.18 bits per heavy atom. The molecule has 0 aliphatic carbocycles. The van der Waals surface area contributed by atoms with Crippen molar-refractivity contribution in [2.45, 2.75) is 46.1 Å². The molecular formula is C11H23O5P. The van der Waals surface area contributed by atoms with Crippen molar-refractivity contribution in [2.24, 2.45) is 0 Å². The number of Topliss-reactive ketones (excluding diaryl/α,β-unsaturated/α-hetero) is 1. The van der Waals surface area contributed by atoms with Crippen LogP contribution in [-0.2, 0) is 18.4 Å². The van der Waals surface area contributed by atoms with E-state index in [1.54, 1.807) is 13.8 Å². The van der Waals surface area contributed by atoms with Crippen molar-refractivity contribution in [1.29, 1.82) is 0 Å². The van der Waals surface area contributed by atoms with E-state index in [9.17, 15) is 14.5 Å². The third-order valence-electron chi connectivity index (χ3n) is 2.20. The Hall–Kier alpha value is -0.220. The largest absolute Gasteiger partial charge is 0.385 e. The Labute approximate surface area is 103 Å². The Morgan fingerprint density at radius 1 is 1.24 bits per heavy atom. The molecule has 0 aliphatic rings. The van der Waals surface area contributed by atoms with Gasteiger partial charge in [0.15, 0.2) is 5.78 Å². The minimum atomic E-state index is -3.37. The summed E-state index contributed by atoms with van der Waals surface area (Å²) in [6.45, 7) is 5.78. The van der Waals surface area contributed by atoms with Crippen LogP contribution in [0.4, 0.5) is 0 Å². The quantitative estimate of drug-likeness (QED) is 0.614. The van der Waals surface area contributed by atoms with Crippen molar-refractivity contribution in [2.75, 3.05) is 19.4 Å². The van der Waals surface area contributed by atoms with Crippen LogP contribution in [0.15, 0.2) is 0 Å². The van der Waals surface area contributed by atoms with Crippen molar-refractivity contribution in [3.05, 3.63) is 0 Å². The normalized spacial score (nSPS) is 13.6. The number of carbonyl (C=O) groups is 1. The Bertz CT molecular complexity index is 257. The number of unbranched alkanes of at least 4 members (excludes halogenated alkanes) is 1. The van der Waals surface area contributed by atoms with Crippen LogP contribution >= 0.6 is 7.60 Å². The van der Waals surface area contributed by atoms with E-state index in [0.29, 0.717) is 6.42 Å². The van der Waals surface area contributed by atoms with Crippen molar-refractivity contribution >= 4 is 13.4 Å². The second-order valence-electron chi connectivity index (χ2n) is 3.73. The zero-order chi connectivity index (χ0) is 13.3. The molecule has 0 aliphatic heterocycles. The number of hydrogen-bond acceptors (Lipinski definition) is 5. The summed E-state index contributed by atoms with van der Waals surface area (Å²) in [7, 11) is -3.37. The molecule has 0 rings (SSSR count). The summed E-state index contributed by atoms with van der Waals surface area (Å²) in [6.07, 6.45) is 0.649. The van der Waals surface area contributed by atoms with Crippen LogP contribution in [0.25, 0.3) is 0 Å². The highest BCUT2D eigenvalue weighted by molar-refractivity contribution is 7.54. The lowest BCUT2D eigenvalue weighted by atomic mass is 10.1. The third-order valence-corrected chi connectivity index (χ3v) is 4.21. The molecule has 5 nitrogen and oxygen atoms in total. The number of carbonyl (C=O) groups excluding carboxylic acids is 1. The second kappa shape index (κ2) is 8.81. The molecule has 0 fully saturated rings. The molecule has 0 aromatic rings. The first kappa shape index (κ1) is 16.8. The Morgan fingerprint density at radius 2 is 1.76 bits per heavy atom. The third kappa shape index (κ3) is 6.94. The molecular weight excluding hydrogens is 243 g/mol. The summed E-state index contributed by atoms with van der Waals surface area (Å²) in [5.74, 6) is -0.469. The number of aliphatic hydroxyl groups is 1. The first-order chi connectivity index (χ1) is 7.99. The summed E-state index contributed by atoms with van der Waals surface area (Å²) < 4.78 is 22.0. The van der Waals surface area contributed by atoms with Crippen molar-refractivity contribution < 1.29 is 23.5 Å². The molecule has 6 heteroatoms. The van der Waals surface area contributed by atoms with E-state index >= 15 is 0 Å². The van der Waals surface area contributed by atoms with Crippen LogP contribution < -0.4 is 0 Å². The molecule has 102 valence electrons. The van der Waals surface area contributed by atoms with Crippen molar-refractivity contribution in [3.8, 4) is 0 Å². The van der Waals surface area contributed by atoms with Gasteiger partial charge in [0.1, 0.15) is 12.3 Å². The summed E-state index contributed by atoms with van der Waals surface area (Å²) in [5, 5.41) is 9.57. The Kier molecular flexibility index (Phi) is 8.70. The molecule has 0 bridgehead atoms. The van der Waals surface area contributed by atoms with Gasteiger partial charge in [-0.2, -0.15) is 0 Å². The lowest BCUT2D eigenvalue weighted by Crippen LogP contribution is -2.24. The van der Waals surface area contributed by atoms with Gasteiger partial charge < -0.3 is 14.2 Å². The van der Waals surface area contributed by atoms with E-state index in [1.165, 1.54) is 0 Å². The van der Waals surface area contributed by atoms with Crippen LogP contribution in [0.5, 0.6) is 0 Å². The van der Waals surface area contributed by atoms with Crippen LogP contribution in [0.2, 0.25) is 0 Å². The molecule has 17 heavy (non-hydrogen) atoms. The van der Waals surface area contributed by atoms with E-state index in [2.05, 4.69) is 0 Å². The zero-order valence-corrected chi connectivity index (χ0v) is 11.7. The van der Waals surface area contributed by atoms with E-state index in [4.69, 9.17) is 9.05 Å². The molecule has 0 radical (unpaired) electrons. The number of rotatable bonds is 10. The molecule has 1 atom stereocenters. The monoisotopic (exact) mass is 266 g/mol. The minimum Gasteiger partial charge on any atom is -0.385 e. The first-order valence-electron chi connectivity index (χ1n) is 6.08. The molecule has 0 amide bonds. The van der Waals surface area contributed by atoms with Crippen LogP contribution in [0.3, 0.4) is 0 Å². The molecule has 1 N–H and O–H groups in total. The average Bonchev–Trinajstić information content (AvgIpc) is 2.26. The number of ketones is 1. The molecule has 0 saturated carbocycles. The highest BCUT2D eigenvalue weighted by atomic mass is 31.2. The second-order valence-corrected chi connectivity index (χ2v) is 5.78. The van der Waals surface area contributed by atoms with Gasteiger partial charge in [-0.3, -0.25) is 9.36 Å². The summed E-state index contributed by atoms with van der Waals surface area (Å²) in [6, 6.07) is 0. The zero-order valence-electron chi connectivity index (χ0n) is 10.8. The standard InChI is InChI=1S/C11H23O5P/c1-4-7-8-10(12)11(13)9-17(14,15-5-2)16-6-3/h10,12H,4-9H2,1-3H3/t10-/m1/s1. The average molecular weight is 266 g/mol. The van der Waals surface area contributed by atoms with Crippen molar-refractivity contribution in [3.63, 3.8) is 0 Å². The molecule has 0 aromatic carbocycles. The van der Waals surface area contributed by atoms with Crippen LogP contribution in [-0.4, -0.2) is 36.4 Å². The maximum atomic E-state index is 12.0. The highest BCUT2D eigenvalue weighted by Gasteiger charge is 2.30. The lowest BCUT2D eigenvalue weighted by molar-refractivity contribution is -0.125. The molecule has 0 saturated heterocycles. The maximum Gasteiger partial charge on any atom is 0.338 e. The lowest BCUT2D eigenvalue weighted by Gasteiger charge is -2.17. The molecule has 0 aromatic heterocycles. The van der Waals surface area contributed by atoms with Gasteiger partial charge in [0.2, 0.25) is 0 Å². The van der Waals surface area contributed by atoms with Gasteiger partial charge in [-0.25, -0.2) is 0 Å². The fourth-order valence-corrected chi connectivity index (χ4v) is 3.01. The van der Waals surface area contributed by atoms with E-state index in [0.717, 1.165) is 12.8 Å². The number of aliphatic hydroxyl groups excluding tert-OH is 1. The highest BCUT2D eigenvalue weighted by Crippen LogP contribution is 2.48. The SMILES string of the molecule is CCCC[C@@H](O)C(=O)CP(=O)(OCC)OCC. The minimum absolute atomic E-state index is 0.218. The smallest absolute Gasteiger partial charge is 0.338 e. The van der Waals surface area contributed by atoms with Gasteiger partial charge in [-0.15, -0.1) is 0 Å². The van der Waals surface area contributed by atoms with E-state index in [1.807, 2.05) is 6.92 Å². The van der Waals surface area contributed by atoms with Gasteiger partial charge in [-0.05, 0) is 20.3 Å².